The number of carbonyl (C=O) groups excluding carboxylic acids is 6. The zero-order valence-electron chi connectivity index (χ0n) is 37.9. The van der Waals surface area contributed by atoms with E-state index in [1.807, 2.05) is 13.8 Å². The number of carbonyl (C=O) groups is 6. The van der Waals surface area contributed by atoms with Crippen LogP contribution in [0.15, 0.2) is 36.7 Å². The van der Waals surface area contributed by atoms with Crippen molar-refractivity contribution in [3.05, 3.63) is 47.2 Å². The van der Waals surface area contributed by atoms with Gasteiger partial charge in [0.15, 0.2) is 0 Å². The lowest BCUT2D eigenvalue weighted by Crippen LogP contribution is -2.61. The molecule has 362 valence electrons. The molecule has 6 amide bonds. The molecule has 2 aliphatic carbocycles. The van der Waals surface area contributed by atoms with Crippen LogP contribution in [0.2, 0.25) is 5.02 Å². The van der Waals surface area contributed by atoms with Crippen molar-refractivity contribution in [1.82, 2.24) is 40.6 Å². The van der Waals surface area contributed by atoms with E-state index < -0.39 is 109 Å². The molecule has 4 aliphatic rings. The lowest BCUT2D eigenvalue weighted by molar-refractivity contribution is -0.248. The molecule has 15 nitrogen and oxygen atoms in total. The van der Waals surface area contributed by atoms with Gasteiger partial charge in [0, 0.05) is 50.9 Å². The maximum absolute atomic E-state index is 14.9. The Balaban J connectivity index is 1.23. The smallest absolute Gasteiger partial charge is 0.403 e. The molecule has 66 heavy (non-hydrogen) atoms. The minimum absolute atomic E-state index is 0.0325. The Kier molecular flexibility index (Phi) is 16.6. The predicted molar refractivity (Wildman–Crippen MR) is 234 cm³/mol. The van der Waals surface area contributed by atoms with Crippen molar-refractivity contribution in [2.45, 2.75) is 146 Å². The summed E-state index contributed by atoms with van der Waals surface area (Å²) in [5, 5.41) is 8.89. The molecule has 1 aromatic carbocycles. The molecule has 3 heterocycles. The Morgan fingerprint density at radius 1 is 1.00 bits per heavy atom. The monoisotopic (exact) mass is 948 g/mol. The Labute approximate surface area is 387 Å². The zero-order valence-corrected chi connectivity index (χ0v) is 38.6. The Morgan fingerprint density at radius 2 is 1.68 bits per heavy atom. The average molecular weight is 949 g/mol. The van der Waals surface area contributed by atoms with Gasteiger partial charge in [-0.25, -0.2) is 14.4 Å². The van der Waals surface area contributed by atoms with E-state index in [0.717, 1.165) is 12.8 Å². The van der Waals surface area contributed by atoms with Crippen LogP contribution in [-0.2, 0) is 35.2 Å². The van der Waals surface area contributed by atoms with Gasteiger partial charge in [0.25, 0.3) is 0 Å². The van der Waals surface area contributed by atoms with Gasteiger partial charge in [0.1, 0.15) is 47.5 Å². The topological polar surface area (TPSA) is 183 Å². The average Bonchev–Trinajstić information content (AvgIpc) is 4.01. The van der Waals surface area contributed by atoms with Gasteiger partial charge in [-0.05, 0) is 86.6 Å². The second-order valence-corrected chi connectivity index (χ2v) is 19.1. The SMILES string of the molecule is CC(C)C[C@@H]1NC(=O)[C@@H](N(C)C(=O)[C@@H](NC(=O)[C@@H]2C[C@@H](F)CN2C(=O)C2(C(F)(F)F)CCC2)C2CC2)CCCCCCCNC(=O)[C@H](Cc2cc(Cl)ccc2Oc2ncccn2)N(C)C1=O. The fraction of sp³-hybridized carbons (Fsp3) is 0.652. The van der Waals surface area contributed by atoms with Crippen LogP contribution in [0.5, 0.6) is 11.8 Å². The molecule has 2 saturated heterocycles. The van der Waals surface area contributed by atoms with Gasteiger partial charge >= 0.3 is 12.2 Å². The van der Waals surface area contributed by atoms with Crippen molar-refractivity contribution in [2.24, 2.45) is 17.3 Å². The summed E-state index contributed by atoms with van der Waals surface area (Å²) in [5.74, 6) is -4.69. The Bertz CT molecular complexity index is 2070. The van der Waals surface area contributed by atoms with Crippen molar-refractivity contribution < 1.29 is 51.1 Å². The number of benzene rings is 1. The van der Waals surface area contributed by atoms with E-state index in [0.29, 0.717) is 59.9 Å². The summed E-state index contributed by atoms with van der Waals surface area (Å²) in [5.41, 5.74) is -2.19. The third-order valence-corrected chi connectivity index (χ3v) is 13.6. The van der Waals surface area contributed by atoms with Gasteiger partial charge in [-0.2, -0.15) is 13.2 Å². The molecule has 0 radical (unpaired) electrons. The van der Waals surface area contributed by atoms with Crippen LogP contribution in [-0.4, -0.2) is 130 Å². The van der Waals surface area contributed by atoms with Crippen molar-refractivity contribution in [3.8, 4) is 11.8 Å². The van der Waals surface area contributed by atoms with Crippen molar-refractivity contribution in [2.75, 3.05) is 27.2 Å². The summed E-state index contributed by atoms with van der Waals surface area (Å²) in [6, 6.07) is 0.438. The molecule has 2 aliphatic heterocycles. The Morgan fingerprint density at radius 3 is 2.32 bits per heavy atom. The number of rotatable bonds is 12. The summed E-state index contributed by atoms with van der Waals surface area (Å²) in [6.07, 6.45) is -0.0912. The predicted octanol–water partition coefficient (Wildman–Crippen LogP) is 5.69. The molecule has 2 saturated carbocycles. The lowest BCUT2D eigenvalue weighted by atomic mass is 9.67. The highest BCUT2D eigenvalue weighted by atomic mass is 35.5. The first kappa shape index (κ1) is 50.3. The summed E-state index contributed by atoms with van der Waals surface area (Å²) in [6.45, 7) is 3.42. The molecule has 20 heteroatoms. The third-order valence-electron chi connectivity index (χ3n) is 13.3. The number of likely N-dealkylation sites (N-methyl/N-ethyl adjacent to an activating group) is 2. The number of nitrogens with one attached hydrogen (secondary N) is 3. The van der Waals surface area contributed by atoms with Crippen molar-refractivity contribution in [1.29, 1.82) is 0 Å². The summed E-state index contributed by atoms with van der Waals surface area (Å²) < 4.78 is 63.4. The molecule has 0 spiro atoms. The molecule has 3 N–H and O–H groups in total. The number of likely N-dealkylation sites (tertiary alicyclic amines) is 1. The molecule has 1 aromatic heterocycles. The first-order valence-electron chi connectivity index (χ1n) is 23.0. The fourth-order valence-corrected chi connectivity index (χ4v) is 9.35. The van der Waals surface area contributed by atoms with E-state index in [1.165, 1.54) is 36.3 Å². The van der Waals surface area contributed by atoms with Crippen LogP contribution in [0.4, 0.5) is 17.6 Å². The normalized spacial score (nSPS) is 25.1. The van der Waals surface area contributed by atoms with Gasteiger partial charge in [0.2, 0.25) is 35.4 Å². The number of amides is 6. The van der Waals surface area contributed by atoms with Gasteiger partial charge in [0.05, 0.1) is 6.54 Å². The highest BCUT2D eigenvalue weighted by molar-refractivity contribution is 6.30. The number of nitrogens with zero attached hydrogens (tertiary/aromatic N) is 5. The molecular formula is C46H61ClF4N8O7. The third kappa shape index (κ3) is 11.9. The van der Waals surface area contributed by atoms with Crippen LogP contribution < -0.4 is 20.7 Å². The van der Waals surface area contributed by atoms with Crippen LogP contribution in [0.3, 0.4) is 0 Å². The number of halogens is 5. The summed E-state index contributed by atoms with van der Waals surface area (Å²) in [7, 11) is 2.91. The largest absolute Gasteiger partial charge is 0.424 e. The second kappa shape index (κ2) is 21.7. The van der Waals surface area contributed by atoms with E-state index in [2.05, 4.69) is 25.9 Å². The van der Waals surface area contributed by atoms with Crippen molar-refractivity contribution in [3.63, 3.8) is 0 Å². The van der Waals surface area contributed by atoms with Gasteiger partial charge in [-0.15, -0.1) is 0 Å². The molecule has 2 aromatic rings. The quantitative estimate of drug-likeness (QED) is 0.225. The van der Waals surface area contributed by atoms with E-state index in [4.69, 9.17) is 16.3 Å². The molecule has 0 bridgehead atoms. The highest BCUT2D eigenvalue weighted by Gasteiger charge is 2.66. The highest BCUT2D eigenvalue weighted by Crippen LogP contribution is 2.54. The molecule has 6 rings (SSSR count). The van der Waals surface area contributed by atoms with E-state index >= 15 is 0 Å². The maximum atomic E-state index is 14.9. The van der Waals surface area contributed by atoms with Crippen LogP contribution in [0.1, 0.15) is 103 Å². The van der Waals surface area contributed by atoms with Gasteiger partial charge in [-0.1, -0.05) is 57.6 Å². The summed E-state index contributed by atoms with van der Waals surface area (Å²) in [4.78, 5) is 96.4. The molecule has 0 unspecified atom stereocenters. The zero-order chi connectivity index (χ0) is 47.9. The van der Waals surface area contributed by atoms with E-state index in [-0.39, 0.29) is 43.5 Å². The minimum atomic E-state index is -4.88. The number of alkyl halides is 4. The van der Waals surface area contributed by atoms with Crippen LogP contribution in [0.25, 0.3) is 0 Å². The number of hydrogen-bond donors (Lipinski definition) is 3. The first-order valence-corrected chi connectivity index (χ1v) is 23.4. The van der Waals surface area contributed by atoms with Crippen LogP contribution in [0, 0.1) is 17.3 Å². The number of hydrogen-bond acceptors (Lipinski definition) is 9. The summed E-state index contributed by atoms with van der Waals surface area (Å²) >= 11 is 6.43. The van der Waals surface area contributed by atoms with E-state index in [9.17, 15) is 46.3 Å². The van der Waals surface area contributed by atoms with Gasteiger partial charge < -0.3 is 35.4 Å². The standard InChI is InChI=1S/C46H61ClF4N8O7/c1-27(2)22-32-41(63)58(4)34(24-29-23-30(47)15-16-36(29)66-44-53-20-11-21-54-44)38(60)52-19-9-7-5-6-8-12-33(39(61)55-32)57(3)42(64)37(28-13-14-28)56-40(62)35-25-31(48)26-59(35)43(65)45(17-10-18-45)46(49,50)51/h11,15-16,20-21,23,27-28,31-35,37H,5-10,12-14,17-19,22,24-26H2,1-4H3,(H,52,60)(H,55,61)(H,56,62)/t31-,32+,33+,34+,35+,37+/m1/s1. The van der Waals surface area contributed by atoms with Crippen LogP contribution >= 0.6 is 11.6 Å². The minimum Gasteiger partial charge on any atom is -0.424 e. The Hall–Kier alpha value is -5.07. The maximum Gasteiger partial charge on any atom is 0.403 e. The van der Waals surface area contributed by atoms with E-state index in [1.54, 1.807) is 24.3 Å². The molecule has 4 fully saturated rings. The molecule has 6 atom stereocenters. The fourth-order valence-electron chi connectivity index (χ4n) is 9.16. The number of aromatic nitrogens is 2. The second-order valence-electron chi connectivity index (χ2n) is 18.6. The van der Waals surface area contributed by atoms with Gasteiger partial charge in [-0.3, -0.25) is 28.8 Å². The molecular weight excluding hydrogens is 888 g/mol. The first-order chi connectivity index (χ1) is 31.3. The lowest BCUT2D eigenvalue weighted by Gasteiger charge is -2.44. The van der Waals surface area contributed by atoms with Crippen molar-refractivity contribution >= 4 is 47.0 Å². The number of ether oxygens (including phenoxy) is 1.